The third kappa shape index (κ3) is 2.58. The smallest absolute Gasteiger partial charge is 0.131 e. The molecule has 1 aliphatic heterocycles. The van der Waals surface area contributed by atoms with E-state index in [-0.39, 0.29) is 5.82 Å². The van der Waals surface area contributed by atoms with Gasteiger partial charge in [0, 0.05) is 31.3 Å². The van der Waals surface area contributed by atoms with E-state index in [1.165, 1.54) is 13.2 Å². The van der Waals surface area contributed by atoms with E-state index in [0.717, 1.165) is 6.42 Å². The van der Waals surface area contributed by atoms with Gasteiger partial charge < -0.3 is 9.84 Å². The Morgan fingerprint density at radius 2 is 2.18 bits per heavy atom. The van der Waals surface area contributed by atoms with Crippen molar-refractivity contribution in [2.75, 3.05) is 20.2 Å². The normalized spacial score (nSPS) is 18.8. The molecule has 0 spiro atoms. The maximum absolute atomic E-state index is 13.7. The first kappa shape index (κ1) is 12.3. The van der Waals surface area contributed by atoms with Gasteiger partial charge >= 0.3 is 0 Å². The SMILES string of the molecule is CCC1(O)CN(Cc2ccc(OC)cc2F)C1. The third-order valence-electron chi connectivity index (χ3n) is 3.35. The van der Waals surface area contributed by atoms with Crippen molar-refractivity contribution in [3.8, 4) is 5.75 Å². The van der Waals surface area contributed by atoms with Crippen LogP contribution in [0.4, 0.5) is 4.39 Å². The Kier molecular flexibility index (Phi) is 3.35. The number of ether oxygens (including phenoxy) is 1. The third-order valence-corrected chi connectivity index (χ3v) is 3.35. The highest BCUT2D eigenvalue weighted by atomic mass is 19.1. The average molecular weight is 239 g/mol. The summed E-state index contributed by atoms with van der Waals surface area (Å²) in [6, 6.07) is 4.88. The van der Waals surface area contributed by atoms with Crippen LogP contribution in [0.15, 0.2) is 18.2 Å². The molecule has 0 aromatic heterocycles. The first-order chi connectivity index (χ1) is 8.06. The van der Waals surface area contributed by atoms with E-state index >= 15 is 0 Å². The summed E-state index contributed by atoms with van der Waals surface area (Å²) in [7, 11) is 1.52. The van der Waals surface area contributed by atoms with Crippen molar-refractivity contribution in [2.45, 2.75) is 25.5 Å². The zero-order chi connectivity index (χ0) is 12.5. The van der Waals surface area contributed by atoms with E-state index < -0.39 is 5.60 Å². The van der Waals surface area contributed by atoms with Crippen LogP contribution in [0.3, 0.4) is 0 Å². The number of methoxy groups -OCH3 is 1. The number of likely N-dealkylation sites (tertiary alicyclic amines) is 1. The number of halogens is 1. The molecule has 1 aromatic rings. The molecular weight excluding hydrogens is 221 g/mol. The summed E-state index contributed by atoms with van der Waals surface area (Å²) in [5.41, 5.74) is 0.0760. The first-order valence-electron chi connectivity index (χ1n) is 5.83. The highest BCUT2D eigenvalue weighted by Crippen LogP contribution is 2.27. The van der Waals surface area contributed by atoms with E-state index in [1.807, 2.05) is 11.8 Å². The minimum atomic E-state index is -0.567. The number of rotatable bonds is 4. The largest absolute Gasteiger partial charge is 0.497 e. The predicted octanol–water partition coefficient (Wildman–Crippen LogP) is 1.79. The van der Waals surface area contributed by atoms with Gasteiger partial charge in [-0.1, -0.05) is 13.0 Å². The number of nitrogens with zero attached hydrogens (tertiary/aromatic N) is 1. The molecular formula is C13H18FNO2. The quantitative estimate of drug-likeness (QED) is 0.869. The zero-order valence-electron chi connectivity index (χ0n) is 10.2. The van der Waals surface area contributed by atoms with Crippen molar-refractivity contribution >= 4 is 0 Å². The van der Waals surface area contributed by atoms with Crippen molar-refractivity contribution in [3.05, 3.63) is 29.6 Å². The van der Waals surface area contributed by atoms with Gasteiger partial charge in [0.1, 0.15) is 11.6 Å². The Morgan fingerprint density at radius 1 is 1.47 bits per heavy atom. The number of aliphatic hydroxyl groups is 1. The summed E-state index contributed by atoms with van der Waals surface area (Å²) in [5.74, 6) is 0.274. The molecule has 0 aliphatic carbocycles. The monoisotopic (exact) mass is 239 g/mol. The maximum atomic E-state index is 13.7. The van der Waals surface area contributed by atoms with E-state index in [0.29, 0.717) is 30.9 Å². The van der Waals surface area contributed by atoms with Crippen LogP contribution < -0.4 is 4.74 Å². The lowest BCUT2D eigenvalue weighted by molar-refractivity contribution is -0.103. The van der Waals surface area contributed by atoms with E-state index in [4.69, 9.17) is 4.74 Å². The standard InChI is InChI=1S/C13H18FNO2/c1-3-13(16)8-15(9-13)7-10-4-5-11(17-2)6-12(10)14/h4-6,16H,3,7-9H2,1-2H3. The molecule has 2 rings (SSSR count). The second-order valence-electron chi connectivity index (χ2n) is 4.68. The molecule has 1 heterocycles. The van der Waals surface area contributed by atoms with E-state index in [1.54, 1.807) is 12.1 Å². The van der Waals surface area contributed by atoms with Crippen LogP contribution in [0.1, 0.15) is 18.9 Å². The summed E-state index contributed by atoms with van der Waals surface area (Å²) in [4.78, 5) is 2.04. The van der Waals surface area contributed by atoms with Crippen molar-refractivity contribution < 1.29 is 14.2 Å². The lowest BCUT2D eigenvalue weighted by atomic mass is 9.91. The van der Waals surface area contributed by atoms with Gasteiger partial charge in [0.2, 0.25) is 0 Å². The Labute approximate surface area is 101 Å². The molecule has 94 valence electrons. The molecule has 0 radical (unpaired) electrons. The Hall–Kier alpha value is -1.13. The topological polar surface area (TPSA) is 32.7 Å². The lowest BCUT2D eigenvalue weighted by Gasteiger charge is -2.46. The van der Waals surface area contributed by atoms with Crippen LogP contribution in [-0.2, 0) is 6.54 Å². The molecule has 1 aliphatic rings. The molecule has 17 heavy (non-hydrogen) atoms. The van der Waals surface area contributed by atoms with Crippen LogP contribution in [0, 0.1) is 5.82 Å². The highest BCUT2D eigenvalue weighted by molar-refractivity contribution is 5.29. The molecule has 1 fully saturated rings. The van der Waals surface area contributed by atoms with Crippen molar-refractivity contribution in [1.82, 2.24) is 4.90 Å². The summed E-state index contributed by atoms with van der Waals surface area (Å²) in [6.07, 6.45) is 0.745. The second-order valence-corrected chi connectivity index (χ2v) is 4.68. The maximum Gasteiger partial charge on any atom is 0.131 e. The Morgan fingerprint density at radius 3 is 2.71 bits per heavy atom. The first-order valence-corrected chi connectivity index (χ1v) is 5.83. The van der Waals surface area contributed by atoms with Crippen molar-refractivity contribution in [2.24, 2.45) is 0 Å². The molecule has 0 unspecified atom stereocenters. The summed E-state index contributed by atoms with van der Waals surface area (Å²) in [6.45, 7) is 3.74. The van der Waals surface area contributed by atoms with Gasteiger partial charge in [-0.25, -0.2) is 4.39 Å². The lowest BCUT2D eigenvalue weighted by Crippen LogP contribution is -2.60. The fraction of sp³-hybridized carbons (Fsp3) is 0.538. The van der Waals surface area contributed by atoms with Gasteiger partial charge in [0.05, 0.1) is 12.7 Å². The summed E-state index contributed by atoms with van der Waals surface area (Å²) in [5, 5.41) is 9.86. The van der Waals surface area contributed by atoms with Gasteiger partial charge in [-0.15, -0.1) is 0 Å². The molecule has 3 nitrogen and oxygen atoms in total. The average Bonchev–Trinajstić information content (AvgIpc) is 2.29. The minimum Gasteiger partial charge on any atom is -0.497 e. The van der Waals surface area contributed by atoms with E-state index in [9.17, 15) is 9.50 Å². The zero-order valence-corrected chi connectivity index (χ0v) is 10.2. The Balaban J connectivity index is 1.97. The molecule has 0 bridgehead atoms. The predicted molar refractivity (Wildman–Crippen MR) is 63.5 cm³/mol. The number of hydrogen-bond donors (Lipinski definition) is 1. The van der Waals surface area contributed by atoms with Gasteiger partial charge in [-0.3, -0.25) is 4.90 Å². The number of hydrogen-bond acceptors (Lipinski definition) is 3. The van der Waals surface area contributed by atoms with Crippen LogP contribution in [0.5, 0.6) is 5.75 Å². The van der Waals surface area contributed by atoms with Gasteiger partial charge in [0.15, 0.2) is 0 Å². The molecule has 0 saturated carbocycles. The molecule has 1 aromatic carbocycles. The highest BCUT2D eigenvalue weighted by Gasteiger charge is 2.39. The van der Waals surface area contributed by atoms with Gasteiger partial charge in [-0.2, -0.15) is 0 Å². The van der Waals surface area contributed by atoms with Crippen LogP contribution in [0.25, 0.3) is 0 Å². The molecule has 1 saturated heterocycles. The van der Waals surface area contributed by atoms with Crippen LogP contribution in [-0.4, -0.2) is 35.8 Å². The Bertz CT molecular complexity index is 402. The second kappa shape index (κ2) is 4.63. The molecule has 1 N–H and O–H groups in total. The fourth-order valence-electron chi connectivity index (χ4n) is 2.15. The number of benzene rings is 1. The molecule has 0 amide bonds. The van der Waals surface area contributed by atoms with Crippen molar-refractivity contribution in [3.63, 3.8) is 0 Å². The molecule has 4 heteroatoms. The fourth-order valence-corrected chi connectivity index (χ4v) is 2.15. The van der Waals surface area contributed by atoms with Crippen LogP contribution in [0.2, 0.25) is 0 Å². The summed E-state index contributed by atoms with van der Waals surface area (Å²) < 4.78 is 18.6. The number of β-amino-alcohol motifs (C(OH)–C–C–N with tert-alkyl or cyclic N) is 1. The van der Waals surface area contributed by atoms with Gasteiger partial charge in [0.25, 0.3) is 0 Å². The molecule has 0 atom stereocenters. The minimum absolute atomic E-state index is 0.253. The van der Waals surface area contributed by atoms with Crippen molar-refractivity contribution in [1.29, 1.82) is 0 Å². The van der Waals surface area contributed by atoms with Gasteiger partial charge in [-0.05, 0) is 12.5 Å². The summed E-state index contributed by atoms with van der Waals surface area (Å²) >= 11 is 0. The van der Waals surface area contributed by atoms with Crippen LogP contribution >= 0.6 is 0 Å². The van der Waals surface area contributed by atoms with E-state index in [2.05, 4.69) is 0 Å².